The highest BCUT2D eigenvalue weighted by Crippen LogP contribution is 2.34. The Bertz CT molecular complexity index is 4550. The van der Waals surface area contributed by atoms with Gasteiger partial charge in [0.25, 0.3) is 17.7 Å². The van der Waals surface area contributed by atoms with Gasteiger partial charge in [0.1, 0.15) is 0 Å². The van der Waals surface area contributed by atoms with Crippen LogP contribution in [0.15, 0.2) is 219 Å². The van der Waals surface area contributed by atoms with Crippen LogP contribution in [0.5, 0.6) is 0 Å². The van der Waals surface area contributed by atoms with Gasteiger partial charge >= 0.3 is 17.9 Å². The summed E-state index contributed by atoms with van der Waals surface area (Å²) in [6.07, 6.45) is 14.0. The van der Waals surface area contributed by atoms with E-state index in [0.29, 0.717) is 72.7 Å². The van der Waals surface area contributed by atoms with Gasteiger partial charge in [-0.3, -0.25) is 44.2 Å². The maximum Gasteiger partial charge on any atom is 0.311 e. The summed E-state index contributed by atoms with van der Waals surface area (Å²) >= 11 is 0. The molecular formula is C84H89N9O11+2. The van der Waals surface area contributed by atoms with E-state index in [1.807, 2.05) is 150 Å². The van der Waals surface area contributed by atoms with Crippen LogP contribution in [0.2, 0.25) is 0 Å². The van der Waals surface area contributed by atoms with Crippen molar-refractivity contribution in [3.05, 3.63) is 269 Å². The van der Waals surface area contributed by atoms with Gasteiger partial charge < -0.3 is 45.1 Å². The molecule has 0 spiro atoms. The summed E-state index contributed by atoms with van der Waals surface area (Å²) < 4.78 is 17.4. The number of hydrogen-bond donors (Lipinski definition) is 5. The van der Waals surface area contributed by atoms with E-state index in [2.05, 4.69) is 4.98 Å². The largest absolute Gasteiger partial charge is 0.469 e. The molecule has 3 amide bonds. The standard InChI is InChI=1S/2C28H30N3O4.C28H29N3O3/c1-19(29)23-7-3-6-20(16-23)17-25(28(33)35-2)26-9-5-15-31(26)27(32)22-12-10-21(11-13-22)24-8-4-14-30(34)18-24;1-19(29)24-6-3-5-20(17-24)18-25(28(33)35-2)26-7-4-14-31(26)27(32)23-10-8-21(9-11-23)22-12-15-30(34)16-13-22;1-19(29)23-8-5-7-20(17-23)18-24(28(33)34-2)26-10-6-16-31(26)27(32)22-13-11-21(12-14-22)25-9-3-4-15-30-25/h3-4,6-8,10-14,16,18,25-26,29,34H,5,9,15,17H2,1-2H3;3,5-6,8-13,15-17,25-26,29,34H,4,7,14,18H2,1-2H3;3-5,7-9,11-15,17,24,26,29H,6,10,16,18H2,1-2H3/q2*+1;. The molecule has 6 unspecified atom stereocenters. The number of carbonyl (C=O) groups is 6. The minimum Gasteiger partial charge on any atom is -0.469 e. The van der Waals surface area contributed by atoms with E-state index < -0.39 is 17.8 Å². The molecule has 20 nitrogen and oxygen atoms in total. The van der Waals surface area contributed by atoms with Crippen LogP contribution < -0.4 is 9.46 Å². The van der Waals surface area contributed by atoms with E-state index >= 15 is 0 Å². The number of ether oxygens (including phenoxy) is 3. The number of hydrogen-bond acceptors (Lipinski definition) is 15. The molecule has 9 aromatic rings. The van der Waals surface area contributed by atoms with Crippen molar-refractivity contribution in [3.8, 4) is 33.5 Å². The predicted octanol–water partition coefficient (Wildman–Crippen LogP) is 12.6. The molecule has 3 aliphatic heterocycles. The highest BCUT2D eigenvalue weighted by atomic mass is 16.5. The Kier molecular flexibility index (Phi) is 25.3. The van der Waals surface area contributed by atoms with Crippen LogP contribution >= 0.6 is 0 Å². The van der Waals surface area contributed by atoms with Gasteiger partial charge in [-0.25, -0.2) is 0 Å². The number of benzene rings is 6. The number of likely N-dealkylation sites (tertiary alicyclic amines) is 3. The van der Waals surface area contributed by atoms with Crippen molar-refractivity contribution in [2.45, 2.75) is 96.7 Å². The zero-order chi connectivity index (χ0) is 74.0. The zero-order valence-corrected chi connectivity index (χ0v) is 59.5. The number of nitrogens with one attached hydrogen (secondary N) is 3. The average Bonchev–Trinajstić information content (AvgIpc) is 1.61. The molecule has 12 rings (SSSR count). The Hall–Kier alpha value is -11.8. The molecule has 0 bridgehead atoms. The van der Waals surface area contributed by atoms with Gasteiger partial charge in [-0.2, -0.15) is 0 Å². The third-order valence-corrected chi connectivity index (χ3v) is 19.7. The lowest BCUT2D eigenvalue weighted by Gasteiger charge is -2.30. The summed E-state index contributed by atoms with van der Waals surface area (Å²) in [4.78, 5) is 88.7. The molecule has 534 valence electrons. The van der Waals surface area contributed by atoms with E-state index in [4.69, 9.17) is 30.4 Å². The molecule has 3 aromatic heterocycles. The summed E-state index contributed by atoms with van der Waals surface area (Å²) in [6, 6.07) is 57.3. The Morgan fingerprint density at radius 2 is 0.769 bits per heavy atom. The number of nitrogens with zero attached hydrogens (tertiary/aromatic N) is 6. The van der Waals surface area contributed by atoms with Crippen molar-refractivity contribution in [2.75, 3.05) is 41.0 Å². The predicted molar refractivity (Wildman–Crippen MR) is 395 cm³/mol. The first-order valence-electron chi connectivity index (χ1n) is 35.0. The second kappa shape index (κ2) is 35.2. The summed E-state index contributed by atoms with van der Waals surface area (Å²) in [6.45, 7) is 7.00. The SMILES string of the molecule is COC(=O)C(Cc1cccc(C(C)=N)c1)C1CCCN1C(=O)c1ccc(-c2cc[n+](O)cc2)cc1.COC(=O)C(Cc1cccc(C(C)=N)c1)C1CCCN1C(=O)c1ccc(-c2ccc[n+](O)c2)cc1.COC(=O)C(Cc1cccc(C(C)=N)c1)C1CCCN1C(=O)c1ccc(-c2ccccn2)cc1. The van der Waals surface area contributed by atoms with Gasteiger partial charge in [0, 0.05) is 111 Å². The lowest BCUT2D eigenvalue weighted by Crippen LogP contribution is -2.44. The monoisotopic (exact) mass is 1400 g/mol. The molecule has 3 fully saturated rings. The minimum atomic E-state index is -0.490. The maximum atomic E-state index is 13.5. The smallest absolute Gasteiger partial charge is 0.311 e. The van der Waals surface area contributed by atoms with E-state index in [0.717, 1.165) is 115 Å². The summed E-state index contributed by atoms with van der Waals surface area (Å²) in [5.74, 6) is -2.69. The van der Waals surface area contributed by atoms with Crippen LogP contribution in [0.3, 0.4) is 0 Å². The first-order chi connectivity index (χ1) is 50.2. The van der Waals surface area contributed by atoms with E-state index in [1.165, 1.54) is 27.5 Å². The van der Waals surface area contributed by atoms with E-state index in [1.54, 1.807) is 97.8 Å². The number of aromatic nitrogens is 3. The zero-order valence-electron chi connectivity index (χ0n) is 59.5. The summed E-state index contributed by atoms with van der Waals surface area (Å²) in [7, 11) is 4.16. The van der Waals surface area contributed by atoms with Crippen LogP contribution in [0, 0.1) is 34.0 Å². The fraction of sp³-hybridized carbons (Fsp3) is 0.286. The van der Waals surface area contributed by atoms with Gasteiger partial charge in [-0.05, 0) is 201 Å². The molecule has 5 N–H and O–H groups in total. The summed E-state index contributed by atoms with van der Waals surface area (Å²) in [5, 5.41) is 42.8. The number of carbonyl (C=O) groups excluding carboxylic acids is 6. The van der Waals surface area contributed by atoms with E-state index in [-0.39, 0.29) is 53.8 Å². The molecule has 104 heavy (non-hydrogen) atoms. The molecule has 0 aliphatic carbocycles. The topological polar surface area (TPSA) is 272 Å². The molecule has 6 aromatic carbocycles. The van der Waals surface area contributed by atoms with Crippen molar-refractivity contribution in [1.29, 1.82) is 16.2 Å². The van der Waals surface area contributed by atoms with Crippen molar-refractivity contribution < 1.29 is 62.9 Å². The van der Waals surface area contributed by atoms with Gasteiger partial charge in [-0.15, -0.1) is 0 Å². The molecule has 6 heterocycles. The number of amides is 3. The van der Waals surface area contributed by atoms with Crippen molar-refractivity contribution in [3.63, 3.8) is 0 Å². The second-order valence-corrected chi connectivity index (χ2v) is 26.5. The minimum absolute atomic E-state index is 0.0759. The lowest BCUT2D eigenvalue weighted by atomic mass is 9.89. The quantitative estimate of drug-likeness (QED) is 0.0148. The lowest BCUT2D eigenvalue weighted by molar-refractivity contribution is -0.904. The Labute approximate surface area is 606 Å². The van der Waals surface area contributed by atoms with Crippen LogP contribution in [0.1, 0.15) is 124 Å². The normalized spacial score (nSPS) is 16.1. The van der Waals surface area contributed by atoms with Gasteiger partial charge in [0.2, 0.25) is 24.8 Å². The molecule has 3 saturated heterocycles. The first kappa shape index (κ1) is 74.9. The number of esters is 3. The van der Waals surface area contributed by atoms with Crippen molar-refractivity contribution in [1.82, 2.24) is 19.7 Å². The van der Waals surface area contributed by atoms with Gasteiger partial charge in [0.05, 0.1) is 50.3 Å². The average molecular weight is 1400 g/mol. The number of rotatable bonds is 21. The number of methoxy groups -OCH3 is 3. The highest BCUT2D eigenvalue weighted by molar-refractivity contribution is 5.99. The highest BCUT2D eigenvalue weighted by Gasteiger charge is 2.42. The third-order valence-electron chi connectivity index (χ3n) is 19.7. The van der Waals surface area contributed by atoms with Gasteiger partial charge in [-0.1, -0.05) is 97.1 Å². The Balaban J connectivity index is 0.000000167. The van der Waals surface area contributed by atoms with Crippen molar-refractivity contribution in [2.24, 2.45) is 17.8 Å². The van der Waals surface area contributed by atoms with Crippen LogP contribution in [0.25, 0.3) is 33.5 Å². The molecule has 20 heteroatoms. The van der Waals surface area contributed by atoms with Gasteiger partial charge in [0.15, 0.2) is 0 Å². The molecular weight excluding hydrogens is 1310 g/mol. The maximum absolute atomic E-state index is 13.5. The third kappa shape index (κ3) is 18.6. The number of pyridine rings is 3. The van der Waals surface area contributed by atoms with Crippen LogP contribution in [-0.4, -0.2) is 142 Å². The second-order valence-electron chi connectivity index (χ2n) is 26.5. The fourth-order valence-corrected chi connectivity index (χ4v) is 14.2. The van der Waals surface area contributed by atoms with Crippen molar-refractivity contribution >= 4 is 52.8 Å². The first-order valence-corrected chi connectivity index (χ1v) is 35.0. The molecule has 0 radical (unpaired) electrons. The van der Waals surface area contributed by atoms with E-state index in [9.17, 15) is 39.2 Å². The molecule has 6 atom stereocenters. The summed E-state index contributed by atoms with van der Waals surface area (Å²) in [5.41, 5.74) is 13.8. The molecule has 0 saturated carbocycles. The Morgan fingerprint density at radius 1 is 0.413 bits per heavy atom. The molecule has 3 aliphatic rings. The van der Waals surface area contributed by atoms with Crippen LogP contribution in [0.4, 0.5) is 0 Å². The Morgan fingerprint density at radius 3 is 1.11 bits per heavy atom. The van der Waals surface area contributed by atoms with Crippen LogP contribution in [-0.2, 0) is 47.9 Å². The fourth-order valence-electron chi connectivity index (χ4n) is 14.2.